The van der Waals surface area contributed by atoms with E-state index in [-0.39, 0.29) is 23.1 Å². The number of carbonyl (C=O) groups is 1. The predicted molar refractivity (Wildman–Crippen MR) is 130 cm³/mol. The van der Waals surface area contributed by atoms with Crippen LogP contribution in [0, 0.1) is 24.5 Å². The topological polar surface area (TPSA) is 64.2 Å². The number of allylic oxidation sites excluding steroid dienone is 2. The zero-order valence-corrected chi connectivity index (χ0v) is 20.0. The van der Waals surface area contributed by atoms with E-state index < -0.39 is 23.0 Å². The molecule has 0 fully saturated rings. The van der Waals surface area contributed by atoms with Crippen LogP contribution in [0.15, 0.2) is 59.8 Å². The zero-order chi connectivity index (χ0) is 24.0. The maximum atomic E-state index is 14.7. The van der Waals surface area contributed by atoms with Crippen molar-refractivity contribution in [1.82, 2.24) is 10.0 Å². The van der Waals surface area contributed by atoms with Gasteiger partial charge in [-0.2, -0.15) is 0 Å². The van der Waals surface area contributed by atoms with Gasteiger partial charge in [0.15, 0.2) is 0 Å². The Hall–Kier alpha value is -2.48. The van der Waals surface area contributed by atoms with Gasteiger partial charge in [0.1, 0.15) is 17.9 Å². The number of amides is 1. The van der Waals surface area contributed by atoms with Crippen LogP contribution in [0.3, 0.4) is 0 Å². The van der Waals surface area contributed by atoms with Gasteiger partial charge in [0.05, 0.1) is 6.04 Å². The number of halogens is 2. The molecule has 3 unspecified atom stereocenters. The van der Waals surface area contributed by atoms with E-state index in [0.717, 1.165) is 24.8 Å². The molecule has 1 amide bonds. The number of carbonyl (C=O) groups excluding carboxylic acids is 1. The molecule has 0 heterocycles. The molecule has 0 aromatic heterocycles. The first-order chi connectivity index (χ1) is 15.8. The van der Waals surface area contributed by atoms with E-state index in [1.165, 1.54) is 23.3 Å². The molecule has 2 aromatic rings. The molecule has 3 atom stereocenters. The van der Waals surface area contributed by atoms with Crippen molar-refractivity contribution < 1.29 is 18.1 Å². The third-order valence-electron chi connectivity index (χ3n) is 6.13. The third-order valence-corrected chi connectivity index (χ3v) is 6.77. The lowest BCUT2D eigenvalue weighted by molar-refractivity contribution is -0.108. The standard InChI is InChI=1S/C26H30F2N2O2S/c1-4-22-19(10-11-29-16-31)8-9-25(30-33(3)32)24(22)14-18-6-5-7-20(13-18)23-15-21(27)12-17(2)26(23)28/h5-7,10-13,15-16,24-25,30H,4,8-9,14H2,1-3H3,(H,29,31)/b11-10-. The van der Waals surface area contributed by atoms with Crippen LogP contribution < -0.4 is 10.0 Å². The second kappa shape index (κ2) is 11.6. The highest BCUT2D eigenvalue weighted by Gasteiger charge is 2.32. The van der Waals surface area contributed by atoms with E-state index in [0.29, 0.717) is 18.4 Å². The Balaban J connectivity index is 1.98. The van der Waals surface area contributed by atoms with Crippen LogP contribution in [0.25, 0.3) is 11.1 Å². The molecule has 1 aliphatic carbocycles. The summed E-state index contributed by atoms with van der Waals surface area (Å²) in [7, 11) is 0. The summed E-state index contributed by atoms with van der Waals surface area (Å²) in [6, 6.07) is 9.98. The Morgan fingerprint density at radius 2 is 2.03 bits per heavy atom. The first-order valence-electron chi connectivity index (χ1n) is 11.1. The Morgan fingerprint density at radius 3 is 2.73 bits per heavy atom. The van der Waals surface area contributed by atoms with E-state index in [1.807, 2.05) is 24.3 Å². The summed E-state index contributed by atoms with van der Waals surface area (Å²) in [5.74, 6) is -0.804. The summed E-state index contributed by atoms with van der Waals surface area (Å²) in [5, 5.41) is 2.56. The Kier molecular flexibility index (Phi) is 8.83. The smallest absolute Gasteiger partial charge is 0.211 e. The second-order valence-electron chi connectivity index (χ2n) is 8.33. The normalized spacial score (nSPS) is 19.7. The van der Waals surface area contributed by atoms with Crippen molar-refractivity contribution in [2.75, 3.05) is 6.26 Å². The summed E-state index contributed by atoms with van der Waals surface area (Å²) in [4.78, 5) is 10.6. The monoisotopic (exact) mass is 472 g/mol. The zero-order valence-electron chi connectivity index (χ0n) is 19.2. The van der Waals surface area contributed by atoms with Crippen molar-refractivity contribution in [3.63, 3.8) is 0 Å². The van der Waals surface area contributed by atoms with Gasteiger partial charge in [-0.1, -0.05) is 36.8 Å². The minimum absolute atomic E-state index is 0.0266. The molecule has 7 heteroatoms. The average molecular weight is 473 g/mol. The Morgan fingerprint density at radius 1 is 1.24 bits per heavy atom. The molecule has 33 heavy (non-hydrogen) atoms. The predicted octanol–water partition coefficient (Wildman–Crippen LogP) is 5.11. The van der Waals surface area contributed by atoms with Gasteiger partial charge in [-0.05, 0) is 73.1 Å². The first kappa shape index (κ1) is 25.1. The van der Waals surface area contributed by atoms with Gasteiger partial charge in [-0.15, -0.1) is 4.72 Å². The summed E-state index contributed by atoms with van der Waals surface area (Å²) in [6.45, 7) is 3.65. The lowest BCUT2D eigenvalue weighted by Crippen LogP contribution is -2.43. The molecule has 0 spiro atoms. The Labute approximate surface area is 197 Å². The van der Waals surface area contributed by atoms with Crippen LogP contribution in [0.4, 0.5) is 8.78 Å². The molecular weight excluding hydrogens is 442 g/mol. The van der Waals surface area contributed by atoms with Crippen LogP contribution in [0.1, 0.15) is 37.3 Å². The van der Waals surface area contributed by atoms with Gasteiger partial charge < -0.3 is 9.87 Å². The van der Waals surface area contributed by atoms with Crippen molar-refractivity contribution in [2.45, 2.75) is 45.6 Å². The molecular formula is C26H30F2N2O2S. The molecule has 176 valence electrons. The third kappa shape index (κ3) is 6.31. The molecule has 0 radical (unpaired) electrons. The van der Waals surface area contributed by atoms with Crippen molar-refractivity contribution in [3.8, 4) is 11.1 Å². The first-order valence-corrected chi connectivity index (χ1v) is 12.6. The van der Waals surface area contributed by atoms with Crippen molar-refractivity contribution in [2.24, 2.45) is 5.92 Å². The summed E-state index contributed by atoms with van der Waals surface area (Å²) >= 11 is -1.16. The fraction of sp³-hybridized carbons (Fsp3) is 0.346. The number of aryl methyl sites for hydroxylation is 1. The highest BCUT2D eigenvalue weighted by atomic mass is 32.2. The highest BCUT2D eigenvalue weighted by Crippen LogP contribution is 2.36. The maximum Gasteiger partial charge on any atom is 0.211 e. The quantitative estimate of drug-likeness (QED) is 0.394. The maximum absolute atomic E-state index is 14.7. The van der Waals surface area contributed by atoms with Gasteiger partial charge in [0.2, 0.25) is 6.41 Å². The lowest BCUT2D eigenvalue weighted by Gasteiger charge is -2.35. The minimum atomic E-state index is -1.16. The van der Waals surface area contributed by atoms with Crippen molar-refractivity contribution in [3.05, 3.63) is 82.6 Å². The van der Waals surface area contributed by atoms with Gasteiger partial charge >= 0.3 is 0 Å². The van der Waals surface area contributed by atoms with Crippen LogP contribution in [0.5, 0.6) is 0 Å². The highest BCUT2D eigenvalue weighted by molar-refractivity contribution is 7.88. The molecule has 1 aliphatic rings. The number of nitrogens with one attached hydrogen (secondary N) is 2. The summed E-state index contributed by atoms with van der Waals surface area (Å²) in [5.41, 5.74) is 4.55. The van der Waals surface area contributed by atoms with Gasteiger partial charge in [0, 0.05) is 29.0 Å². The van der Waals surface area contributed by atoms with Gasteiger partial charge in [-0.3, -0.25) is 4.79 Å². The molecule has 0 aliphatic heterocycles. The molecule has 3 rings (SSSR count). The van der Waals surface area contributed by atoms with Gasteiger partial charge in [-0.25, -0.2) is 8.78 Å². The number of hydrogen-bond acceptors (Lipinski definition) is 3. The van der Waals surface area contributed by atoms with Crippen LogP contribution >= 0.6 is 0 Å². The van der Waals surface area contributed by atoms with Crippen molar-refractivity contribution >= 4 is 17.8 Å². The summed E-state index contributed by atoms with van der Waals surface area (Å²) < 4.78 is 43.9. The molecule has 0 saturated heterocycles. The Bertz CT molecular complexity index is 1050. The number of benzene rings is 2. The van der Waals surface area contributed by atoms with E-state index >= 15 is 0 Å². The van der Waals surface area contributed by atoms with Gasteiger partial charge in [0.25, 0.3) is 0 Å². The van der Waals surface area contributed by atoms with Crippen LogP contribution in [-0.4, -0.2) is 23.3 Å². The van der Waals surface area contributed by atoms with Crippen LogP contribution in [0.2, 0.25) is 0 Å². The van der Waals surface area contributed by atoms with E-state index in [2.05, 4.69) is 17.0 Å². The summed E-state index contributed by atoms with van der Waals surface area (Å²) in [6.07, 6.45) is 8.94. The largest absolute Gasteiger partial charge is 0.598 e. The number of rotatable bonds is 9. The van der Waals surface area contributed by atoms with E-state index in [9.17, 15) is 18.1 Å². The van der Waals surface area contributed by atoms with E-state index in [1.54, 1.807) is 25.4 Å². The fourth-order valence-electron chi connectivity index (χ4n) is 4.70. The number of hydrogen-bond donors (Lipinski definition) is 2. The molecule has 0 saturated carbocycles. The lowest BCUT2D eigenvalue weighted by atomic mass is 9.75. The molecule has 2 aromatic carbocycles. The average Bonchev–Trinajstić information content (AvgIpc) is 2.78. The minimum Gasteiger partial charge on any atom is -0.598 e. The van der Waals surface area contributed by atoms with Crippen molar-refractivity contribution in [1.29, 1.82) is 0 Å². The van der Waals surface area contributed by atoms with E-state index in [4.69, 9.17) is 0 Å². The second-order valence-corrected chi connectivity index (χ2v) is 9.48. The van der Waals surface area contributed by atoms with Crippen LogP contribution in [-0.2, 0) is 22.6 Å². The molecule has 2 N–H and O–H groups in total. The molecule has 0 bridgehead atoms. The molecule has 4 nitrogen and oxygen atoms in total. The SMILES string of the molecule is CCC1=C(/C=C\NC=O)CCC(N[S+](C)[O-])C1Cc1cccc(-c2cc(F)cc(C)c2F)c1. The fourth-order valence-corrected chi connectivity index (χ4v) is 5.40.